The molecule has 214 valence electrons. The maximum Gasteiger partial charge on any atom is 1.00 e. The third kappa shape index (κ3) is 12.0. The molecule has 0 aromatic heterocycles. The Labute approximate surface area is 339 Å². The molecule has 0 atom stereocenters. The monoisotopic (exact) mass is 703 g/mol. The van der Waals surface area contributed by atoms with Gasteiger partial charge in [-0.05, 0) is 53.9 Å². The maximum atomic E-state index is 12.1. The zero-order valence-corrected chi connectivity index (χ0v) is 34.6. The maximum absolute atomic E-state index is 12.1. The summed E-state index contributed by atoms with van der Waals surface area (Å²) in [6.45, 7) is 0.923. The molecular weight excluding hydrogens is 678 g/mol. The number of aryl methyl sites for hydroxylation is 1. The molecule has 0 radical (unpaired) electrons. The smallest absolute Gasteiger partial charge is 1.00 e. The van der Waals surface area contributed by atoms with Gasteiger partial charge >= 0.3 is 118 Å². The van der Waals surface area contributed by atoms with Crippen molar-refractivity contribution >= 4 is 46.2 Å². The molecule has 0 spiro atoms. The van der Waals surface area contributed by atoms with Crippen LogP contribution in [0.15, 0.2) is 80.2 Å². The third-order valence-electron chi connectivity index (χ3n) is 5.41. The quantitative estimate of drug-likeness (QED) is 0.120. The van der Waals surface area contributed by atoms with E-state index in [0.29, 0.717) is 23.4 Å². The largest absolute Gasteiger partial charge is 1.00 e. The summed E-state index contributed by atoms with van der Waals surface area (Å²) >= 11 is 0. The Bertz CT molecular complexity index is 1760. The van der Waals surface area contributed by atoms with E-state index in [1.54, 1.807) is 31.2 Å². The molecule has 0 unspecified atom stereocenters. The van der Waals surface area contributed by atoms with Gasteiger partial charge in [-0.25, -0.2) is 0 Å². The minimum absolute atomic E-state index is 0. The van der Waals surface area contributed by atoms with Crippen LogP contribution in [0.3, 0.4) is 0 Å². The summed E-state index contributed by atoms with van der Waals surface area (Å²) in [5.74, 6) is 0. The van der Waals surface area contributed by atoms with E-state index in [1.165, 1.54) is 4.90 Å². The molecule has 3 aromatic carbocycles. The molecule has 0 aliphatic carbocycles. The van der Waals surface area contributed by atoms with E-state index in [9.17, 15) is 51.9 Å². The average Bonchev–Trinajstić information content (AvgIpc) is 2.76. The molecule has 3 aromatic rings. The van der Waals surface area contributed by atoms with E-state index in [4.69, 9.17) is 0 Å². The van der Waals surface area contributed by atoms with E-state index >= 15 is 0 Å². The summed E-state index contributed by atoms with van der Waals surface area (Å²) in [6.07, 6.45) is 0. The summed E-state index contributed by atoms with van der Waals surface area (Å²) in [5.41, 5.74) is 0.753. The number of rotatable bonds is 9. The van der Waals surface area contributed by atoms with Gasteiger partial charge in [-0.2, -0.15) is 33.7 Å². The molecule has 0 fully saturated rings. The average molecular weight is 704 g/mol. The molecule has 13 nitrogen and oxygen atoms in total. The molecule has 21 heteroatoms. The molecular formula is C21H25NNa4O12S4. The van der Waals surface area contributed by atoms with Crippen LogP contribution in [0.4, 0.5) is 5.69 Å². The van der Waals surface area contributed by atoms with E-state index in [2.05, 4.69) is 0 Å². The fourth-order valence-electron chi connectivity index (χ4n) is 3.69. The van der Waals surface area contributed by atoms with Crippen molar-refractivity contribution in [2.24, 2.45) is 0 Å². The van der Waals surface area contributed by atoms with Crippen molar-refractivity contribution in [1.29, 1.82) is 0 Å². The van der Waals surface area contributed by atoms with E-state index in [0.717, 1.165) is 24.3 Å². The van der Waals surface area contributed by atoms with Crippen LogP contribution >= 0.6 is 0 Å². The molecule has 0 aliphatic heterocycles. The van der Waals surface area contributed by atoms with Gasteiger partial charge in [0, 0.05) is 18.8 Å². The summed E-state index contributed by atoms with van der Waals surface area (Å²) < 4.78 is 132. The Kier molecular flexibility index (Phi) is 18.6. The summed E-state index contributed by atoms with van der Waals surface area (Å²) in [6, 6.07) is 11.6. The van der Waals surface area contributed by atoms with E-state index in [-0.39, 0.29) is 148 Å². The van der Waals surface area contributed by atoms with Crippen molar-refractivity contribution < 1.29 is 176 Å². The molecule has 0 amide bonds. The summed E-state index contributed by atoms with van der Waals surface area (Å²) in [7, 11) is -19.7. The van der Waals surface area contributed by atoms with Crippen molar-refractivity contribution in [2.75, 3.05) is 4.90 Å². The van der Waals surface area contributed by atoms with Crippen molar-refractivity contribution in [3.8, 4) is 0 Å². The first-order valence-corrected chi connectivity index (χ1v) is 16.0. The number of anilines is 1. The predicted octanol–water partition coefficient (Wildman–Crippen LogP) is -9.35. The molecule has 0 saturated heterocycles. The second-order valence-electron chi connectivity index (χ2n) is 8.08. The Hall–Kier alpha value is 1.10. The van der Waals surface area contributed by atoms with Gasteiger partial charge in [0.2, 0.25) is 0 Å². The van der Waals surface area contributed by atoms with Gasteiger partial charge in [-0.15, -0.1) is 0 Å². The molecule has 0 saturated carbocycles. The number of para-hydroxylation sites is 1. The fourth-order valence-corrected chi connectivity index (χ4v) is 6.33. The molecule has 3 rings (SSSR count). The molecule has 4 N–H and O–H groups in total. The second kappa shape index (κ2) is 17.3. The van der Waals surface area contributed by atoms with Crippen molar-refractivity contribution in [3.63, 3.8) is 0 Å². The van der Waals surface area contributed by atoms with Gasteiger partial charge in [0.15, 0.2) is 0 Å². The fraction of sp³-hybridized carbons (Fsp3) is 0.143. The summed E-state index contributed by atoms with van der Waals surface area (Å²) in [4.78, 5) is -1.87. The van der Waals surface area contributed by atoms with Crippen LogP contribution in [-0.2, 0) is 53.6 Å². The molecule has 42 heavy (non-hydrogen) atoms. The predicted molar refractivity (Wildman–Crippen MR) is 138 cm³/mol. The van der Waals surface area contributed by atoms with Crippen molar-refractivity contribution in [1.82, 2.24) is 0 Å². The number of nitrogens with zero attached hydrogens (tertiary/aromatic N) is 1. The Balaban J connectivity index is -0.000000500. The van der Waals surface area contributed by atoms with Gasteiger partial charge < -0.3 is 10.6 Å². The van der Waals surface area contributed by atoms with Crippen LogP contribution in [0.5, 0.6) is 0 Å². The topological polar surface area (TPSA) is 221 Å². The minimum Gasteiger partial charge on any atom is -1.00 e. The van der Waals surface area contributed by atoms with Gasteiger partial charge in [0.05, 0.1) is 9.79 Å². The van der Waals surface area contributed by atoms with Crippen LogP contribution in [0.25, 0.3) is 0 Å². The minimum atomic E-state index is -5.01. The zero-order valence-electron chi connectivity index (χ0n) is 27.3. The first-order chi connectivity index (χ1) is 17.3. The van der Waals surface area contributed by atoms with Crippen LogP contribution in [0, 0.1) is 6.92 Å². The molecule has 0 aliphatic rings. The zero-order chi connectivity index (χ0) is 28.7. The van der Waals surface area contributed by atoms with E-state index in [1.807, 2.05) is 0 Å². The first kappa shape index (κ1) is 45.2. The van der Waals surface area contributed by atoms with Gasteiger partial charge in [-0.1, -0.05) is 30.3 Å². The SMILES string of the molecule is Cc1ccccc1N(Cc1ccc(S(=O)(=O)O)cc1S(=O)(=O)O)Cc1ccc(S(=O)(=O)O)cc1S(=O)(=O)O.[H-].[H-].[H-].[H-].[Na+].[Na+].[Na+].[Na+]. The number of hydrogen-bond donors (Lipinski definition) is 4. The number of hydrogen-bond acceptors (Lipinski definition) is 9. The summed E-state index contributed by atoms with van der Waals surface area (Å²) in [5, 5.41) is 0. The van der Waals surface area contributed by atoms with Crippen LogP contribution < -0.4 is 123 Å². The van der Waals surface area contributed by atoms with Crippen LogP contribution in [-0.4, -0.2) is 51.9 Å². The van der Waals surface area contributed by atoms with Crippen LogP contribution in [0.2, 0.25) is 0 Å². The van der Waals surface area contributed by atoms with Crippen LogP contribution in [0.1, 0.15) is 22.4 Å². The van der Waals surface area contributed by atoms with Crippen molar-refractivity contribution in [3.05, 3.63) is 77.4 Å². The van der Waals surface area contributed by atoms with Gasteiger partial charge in [-0.3, -0.25) is 18.2 Å². The first-order valence-electron chi connectivity index (χ1n) is 10.2. The molecule has 0 bridgehead atoms. The van der Waals surface area contributed by atoms with Gasteiger partial charge in [0.1, 0.15) is 9.79 Å². The number of benzene rings is 3. The third-order valence-corrected chi connectivity index (χ3v) is 8.98. The molecule has 0 heterocycles. The van der Waals surface area contributed by atoms with Gasteiger partial charge in [0.25, 0.3) is 40.5 Å². The Morgan fingerprint density at radius 1 is 0.571 bits per heavy atom. The second-order valence-corrected chi connectivity index (χ2v) is 13.7. The normalized spacial score (nSPS) is 11.6. The van der Waals surface area contributed by atoms with E-state index < -0.39 is 60.1 Å². The van der Waals surface area contributed by atoms with Crippen molar-refractivity contribution in [2.45, 2.75) is 39.6 Å². The Morgan fingerprint density at radius 3 is 1.24 bits per heavy atom. The Morgan fingerprint density at radius 2 is 0.929 bits per heavy atom. The standard InChI is InChI=1S/C21H21NO12S4.4Na.4H/c1-14-4-2-3-5-19(14)22(12-15-6-8-17(35(23,24)25)10-20(15)37(29,30)31)13-16-7-9-18(36(26,27)28)11-21(16)38(32,33)34;;;;;;;;/h2-11H,12-13H2,1H3,(H,23,24,25)(H,26,27,28)(H,29,30,31)(H,32,33,34);;;;;;;;/q;4*+1;4*-1.